The Hall–Kier alpha value is -2.15. The van der Waals surface area contributed by atoms with E-state index in [-0.39, 0.29) is 30.2 Å². The normalized spacial score (nSPS) is 26.5. The molecule has 1 aliphatic heterocycles. The Morgan fingerprint density at radius 3 is 2.56 bits per heavy atom. The van der Waals surface area contributed by atoms with Crippen molar-refractivity contribution in [3.63, 3.8) is 0 Å². The van der Waals surface area contributed by atoms with Gasteiger partial charge in [0.25, 0.3) is 0 Å². The van der Waals surface area contributed by atoms with Gasteiger partial charge in [0.15, 0.2) is 0 Å². The number of carbonyl (C=O) groups excluding carboxylic acids is 2. The number of imide groups is 1. The van der Waals surface area contributed by atoms with Crippen molar-refractivity contribution in [2.24, 2.45) is 17.8 Å². The maximum Gasteiger partial charge on any atom is 0.234 e. The fourth-order valence-electron chi connectivity index (χ4n) is 6.52. The number of nitrogens with zero attached hydrogens (tertiary/aromatic N) is 1. The molecule has 0 unspecified atom stereocenters. The number of benzene rings is 1. The SMILES string of the molecule is CC/C(=C\c1ccc(O)cc1Cl)CC[C@@H](O)C1=C(C)C[C@H]2C(=O)N(C3CCCCC3)C(=O)[C@H]2[C@H]1CO. The predicted octanol–water partition coefficient (Wildman–Crippen LogP) is 5.24. The van der Waals surface area contributed by atoms with E-state index in [0.717, 1.165) is 60.8 Å². The van der Waals surface area contributed by atoms with Gasteiger partial charge in [0.2, 0.25) is 11.8 Å². The number of aromatic hydroxyl groups is 1. The van der Waals surface area contributed by atoms with Gasteiger partial charge in [0.1, 0.15) is 5.75 Å². The molecule has 4 rings (SSSR count). The lowest BCUT2D eigenvalue weighted by Gasteiger charge is -2.35. The topological polar surface area (TPSA) is 98.1 Å². The van der Waals surface area contributed by atoms with Gasteiger partial charge in [0.05, 0.1) is 29.6 Å². The first-order valence-corrected chi connectivity index (χ1v) is 13.7. The summed E-state index contributed by atoms with van der Waals surface area (Å²) < 4.78 is 0. The molecule has 1 saturated heterocycles. The number of likely N-dealkylation sites (tertiary alicyclic amines) is 1. The summed E-state index contributed by atoms with van der Waals surface area (Å²) in [5, 5.41) is 31.7. The van der Waals surface area contributed by atoms with Gasteiger partial charge in [0, 0.05) is 12.0 Å². The largest absolute Gasteiger partial charge is 0.508 e. The Kier molecular flexibility index (Phi) is 8.59. The van der Waals surface area contributed by atoms with Crippen LogP contribution in [0.3, 0.4) is 0 Å². The summed E-state index contributed by atoms with van der Waals surface area (Å²) in [5.41, 5.74) is 3.55. The molecule has 6 nitrogen and oxygen atoms in total. The van der Waals surface area contributed by atoms with Gasteiger partial charge in [-0.05, 0) is 74.8 Å². The Morgan fingerprint density at radius 1 is 1.19 bits per heavy atom. The summed E-state index contributed by atoms with van der Waals surface area (Å²) in [7, 11) is 0. The molecule has 7 heteroatoms. The Balaban J connectivity index is 1.51. The van der Waals surface area contributed by atoms with Crippen LogP contribution in [0.15, 0.2) is 34.9 Å². The maximum atomic E-state index is 13.5. The number of phenols is 1. The molecule has 196 valence electrons. The fraction of sp³-hybridized carbons (Fsp3) is 0.586. The van der Waals surface area contributed by atoms with Crippen LogP contribution in [0.4, 0.5) is 0 Å². The molecule has 0 spiro atoms. The van der Waals surface area contributed by atoms with Crippen molar-refractivity contribution in [2.75, 3.05) is 6.61 Å². The van der Waals surface area contributed by atoms with Crippen molar-refractivity contribution in [3.8, 4) is 5.75 Å². The van der Waals surface area contributed by atoms with Gasteiger partial charge >= 0.3 is 0 Å². The highest BCUT2D eigenvalue weighted by Crippen LogP contribution is 2.47. The highest BCUT2D eigenvalue weighted by atomic mass is 35.5. The number of aliphatic hydroxyl groups is 2. The average molecular weight is 516 g/mol. The molecule has 1 aromatic carbocycles. The van der Waals surface area contributed by atoms with Crippen LogP contribution in [0.25, 0.3) is 6.08 Å². The zero-order valence-electron chi connectivity index (χ0n) is 21.3. The molecule has 3 aliphatic rings. The molecule has 2 fully saturated rings. The second-order valence-corrected chi connectivity index (χ2v) is 11.0. The van der Waals surface area contributed by atoms with Crippen LogP contribution in [-0.4, -0.2) is 50.8 Å². The van der Waals surface area contributed by atoms with Crippen LogP contribution in [0.1, 0.15) is 77.2 Å². The van der Waals surface area contributed by atoms with E-state index in [9.17, 15) is 24.9 Å². The number of halogens is 1. The van der Waals surface area contributed by atoms with E-state index >= 15 is 0 Å². The van der Waals surface area contributed by atoms with E-state index in [0.29, 0.717) is 24.3 Å². The summed E-state index contributed by atoms with van der Waals surface area (Å²) >= 11 is 6.26. The average Bonchev–Trinajstić information content (AvgIpc) is 3.11. The number of aliphatic hydroxyl groups excluding tert-OH is 2. The summed E-state index contributed by atoms with van der Waals surface area (Å²) in [6, 6.07) is 4.83. The summed E-state index contributed by atoms with van der Waals surface area (Å²) in [6.45, 7) is 3.70. The fourth-order valence-corrected chi connectivity index (χ4v) is 6.75. The summed E-state index contributed by atoms with van der Waals surface area (Å²) in [4.78, 5) is 28.3. The zero-order chi connectivity index (χ0) is 26.0. The van der Waals surface area contributed by atoms with Crippen LogP contribution in [0.2, 0.25) is 5.02 Å². The molecule has 0 radical (unpaired) electrons. The van der Waals surface area contributed by atoms with Gasteiger partial charge in [-0.25, -0.2) is 0 Å². The van der Waals surface area contributed by atoms with Crippen LogP contribution in [0.5, 0.6) is 5.75 Å². The van der Waals surface area contributed by atoms with E-state index < -0.39 is 23.9 Å². The predicted molar refractivity (Wildman–Crippen MR) is 140 cm³/mol. The highest BCUT2D eigenvalue weighted by Gasteiger charge is 2.55. The number of amides is 2. The first-order chi connectivity index (χ1) is 17.3. The van der Waals surface area contributed by atoms with Crippen LogP contribution in [0, 0.1) is 17.8 Å². The second kappa shape index (κ2) is 11.5. The molecule has 2 aliphatic carbocycles. The van der Waals surface area contributed by atoms with E-state index in [1.54, 1.807) is 12.1 Å². The molecule has 4 atom stereocenters. The third kappa shape index (κ3) is 5.27. The Bertz CT molecular complexity index is 1060. The number of carbonyl (C=O) groups is 2. The molecule has 1 heterocycles. The molecular formula is C29H38ClNO5. The van der Waals surface area contributed by atoms with Gasteiger partial charge in [-0.1, -0.05) is 55.0 Å². The zero-order valence-corrected chi connectivity index (χ0v) is 22.0. The monoisotopic (exact) mass is 515 g/mol. The van der Waals surface area contributed by atoms with E-state index in [1.807, 2.05) is 19.9 Å². The van der Waals surface area contributed by atoms with Gasteiger partial charge in [-0.15, -0.1) is 0 Å². The van der Waals surface area contributed by atoms with Crippen molar-refractivity contribution < 1.29 is 24.9 Å². The lowest BCUT2D eigenvalue weighted by atomic mass is 9.68. The Labute approximate surface area is 218 Å². The van der Waals surface area contributed by atoms with Crippen molar-refractivity contribution in [1.29, 1.82) is 0 Å². The Morgan fingerprint density at radius 2 is 1.92 bits per heavy atom. The minimum atomic E-state index is -0.806. The van der Waals surface area contributed by atoms with E-state index in [4.69, 9.17) is 11.6 Å². The first kappa shape index (κ1) is 26.9. The van der Waals surface area contributed by atoms with Crippen LogP contribution < -0.4 is 0 Å². The molecular weight excluding hydrogens is 478 g/mol. The number of hydrogen-bond donors (Lipinski definition) is 3. The van der Waals surface area contributed by atoms with E-state index in [2.05, 4.69) is 0 Å². The molecule has 1 saturated carbocycles. The smallest absolute Gasteiger partial charge is 0.234 e. The maximum absolute atomic E-state index is 13.5. The molecule has 1 aromatic rings. The van der Waals surface area contributed by atoms with Crippen molar-refractivity contribution in [3.05, 3.63) is 45.5 Å². The van der Waals surface area contributed by atoms with Gasteiger partial charge in [-0.2, -0.15) is 0 Å². The van der Waals surface area contributed by atoms with Crippen molar-refractivity contribution in [2.45, 2.75) is 83.8 Å². The third-order valence-corrected chi connectivity index (χ3v) is 8.72. The number of allylic oxidation sites excluding steroid dienone is 2. The molecule has 3 N–H and O–H groups in total. The third-order valence-electron chi connectivity index (χ3n) is 8.39. The van der Waals surface area contributed by atoms with Crippen molar-refractivity contribution >= 4 is 29.5 Å². The summed E-state index contributed by atoms with van der Waals surface area (Å²) in [6.07, 6.45) is 8.42. The standard InChI is InChI=1S/C29H38ClNO5/c1-3-18(14-19-10-11-21(33)15-24(19)30)9-12-25(34)26-17(2)13-22-27(23(26)16-32)29(36)31(28(22)35)20-7-5-4-6-8-20/h10-11,14-15,20,22-23,25,27,32-34H,3-9,12-13,16H2,1-2H3/b18-14+/t22-,23+,25-,27-/m1/s1. The molecule has 36 heavy (non-hydrogen) atoms. The van der Waals surface area contributed by atoms with Crippen molar-refractivity contribution in [1.82, 2.24) is 4.90 Å². The molecule has 0 bridgehead atoms. The van der Waals surface area contributed by atoms with Gasteiger partial charge in [-0.3, -0.25) is 14.5 Å². The first-order valence-electron chi connectivity index (χ1n) is 13.3. The number of hydrogen-bond acceptors (Lipinski definition) is 5. The van der Waals surface area contributed by atoms with Gasteiger partial charge < -0.3 is 15.3 Å². The number of phenolic OH excluding ortho intramolecular Hbond substituents is 1. The molecule has 0 aromatic heterocycles. The summed E-state index contributed by atoms with van der Waals surface area (Å²) in [5.74, 6) is -1.70. The number of fused-ring (bicyclic) bond motifs is 1. The lowest BCUT2D eigenvalue weighted by Crippen LogP contribution is -2.42. The van der Waals surface area contributed by atoms with Crippen LogP contribution in [-0.2, 0) is 9.59 Å². The van der Waals surface area contributed by atoms with E-state index in [1.165, 1.54) is 11.0 Å². The highest BCUT2D eigenvalue weighted by molar-refractivity contribution is 6.32. The second-order valence-electron chi connectivity index (χ2n) is 10.6. The number of rotatable bonds is 8. The minimum Gasteiger partial charge on any atom is -0.508 e. The lowest BCUT2D eigenvalue weighted by molar-refractivity contribution is -0.143. The molecule has 2 amide bonds. The van der Waals surface area contributed by atoms with Crippen LogP contribution >= 0.6 is 11.6 Å². The quantitative estimate of drug-likeness (QED) is 0.325. The minimum absolute atomic E-state index is 0.0265.